The molecule has 0 atom stereocenters. The van der Waals surface area contributed by atoms with Crippen LogP contribution in [-0.2, 0) is 47.0 Å². The Bertz CT molecular complexity index is 1700. The molecule has 1 N–H and O–H groups in total. The van der Waals surface area contributed by atoms with Gasteiger partial charge in [0.05, 0.1) is 18.0 Å². The molecule has 0 bridgehead atoms. The fourth-order valence-corrected chi connectivity index (χ4v) is 6.78. The van der Waals surface area contributed by atoms with Crippen LogP contribution in [0.4, 0.5) is 13.2 Å². The van der Waals surface area contributed by atoms with Crippen molar-refractivity contribution in [2.75, 3.05) is 5.75 Å². The van der Waals surface area contributed by atoms with Crippen LogP contribution in [0.5, 0.6) is 0 Å². The number of sulfone groups is 1. The van der Waals surface area contributed by atoms with Gasteiger partial charge in [0.2, 0.25) is 5.76 Å². The highest BCUT2D eigenvalue weighted by Crippen LogP contribution is 2.32. The van der Waals surface area contributed by atoms with Crippen molar-refractivity contribution in [3.05, 3.63) is 112 Å². The van der Waals surface area contributed by atoms with Gasteiger partial charge >= 0.3 is 6.18 Å². The fourth-order valence-electron chi connectivity index (χ4n) is 5.25. The van der Waals surface area contributed by atoms with E-state index in [0.717, 1.165) is 39.4 Å². The number of aliphatic hydroxyl groups excluding tert-OH is 1. The lowest BCUT2D eigenvalue weighted by Gasteiger charge is -2.24. The van der Waals surface area contributed by atoms with E-state index in [1.165, 1.54) is 25.1 Å². The number of alkyl halides is 3. The Morgan fingerprint density at radius 2 is 1.49 bits per heavy atom. The molecule has 0 unspecified atom stereocenters. The molecule has 0 aliphatic carbocycles. The first-order chi connectivity index (χ1) is 20.2. The number of hydrogen-bond acceptors (Lipinski definition) is 6. The van der Waals surface area contributed by atoms with Crippen molar-refractivity contribution in [1.82, 2.24) is 4.90 Å². The summed E-state index contributed by atoms with van der Waals surface area (Å²) in [5.41, 5.74) is 6.84. The summed E-state index contributed by atoms with van der Waals surface area (Å²) in [6.45, 7) is 7.83. The van der Waals surface area contributed by atoms with Crippen LogP contribution in [0.3, 0.4) is 0 Å². The zero-order valence-corrected chi connectivity index (χ0v) is 25.3. The summed E-state index contributed by atoms with van der Waals surface area (Å²) < 4.78 is 70.3. The number of benzene rings is 3. The van der Waals surface area contributed by atoms with Gasteiger partial charge in [-0.15, -0.1) is 0 Å². The molecule has 0 aliphatic heterocycles. The zero-order valence-electron chi connectivity index (χ0n) is 24.5. The molecule has 1 heterocycles. The van der Waals surface area contributed by atoms with Crippen LogP contribution < -0.4 is 0 Å². The van der Waals surface area contributed by atoms with Gasteiger partial charge in [-0.3, -0.25) is 9.69 Å². The average Bonchev–Trinajstić information content (AvgIpc) is 3.39. The third-order valence-electron chi connectivity index (χ3n) is 7.20. The first-order valence-electron chi connectivity index (χ1n) is 13.7. The Kier molecular flexibility index (Phi) is 9.63. The van der Waals surface area contributed by atoms with Crippen LogP contribution in [0.2, 0.25) is 0 Å². The van der Waals surface area contributed by atoms with E-state index in [1.807, 2.05) is 49.9 Å². The summed E-state index contributed by atoms with van der Waals surface area (Å²) in [6, 6.07) is 18.6. The zero-order chi connectivity index (χ0) is 31.5. The van der Waals surface area contributed by atoms with Crippen LogP contribution in [0.25, 0.3) is 11.1 Å². The van der Waals surface area contributed by atoms with Gasteiger partial charge in [0.15, 0.2) is 9.84 Å². The monoisotopic (exact) mass is 613 g/mol. The summed E-state index contributed by atoms with van der Waals surface area (Å²) >= 11 is 0. The fraction of sp³-hybridized carbons (Fsp3) is 0.303. The number of aryl methyl sites for hydroxylation is 3. The van der Waals surface area contributed by atoms with Gasteiger partial charge in [-0.05, 0) is 84.8 Å². The Balaban J connectivity index is 1.62. The van der Waals surface area contributed by atoms with Gasteiger partial charge in [-0.25, -0.2) is 8.42 Å². The highest BCUT2D eigenvalue weighted by atomic mass is 32.2. The Morgan fingerprint density at radius 3 is 2.05 bits per heavy atom. The smallest absolute Gasteiger partial charge is 0.449 e. The predicted octanol–water partition coefficient (Wildman–Crippen LogP) is 6.95. The second-order valence-corrected chi connectivity index (χ2v) is 12.9. The maximum absolute atomic E-state index is 13.2. The molecule has 1 aromatic heterocycles. The number of rotatable bonds is 11. The predicted molar refractivity (Wildman–Crippen MR) is 158 cm³/mol. The third-order valence-corrected chi connectivity index (χ3v) is 9.04. The van der Waals surface area contributed by atoms with Gasteiger partial charge in [-0.1, -0.05) is 54.1 Å². The van der Waals surface area contributed by atoms with Crippen LogP contribution >= 0.6 is 0 Å². The molecule has 0 fully saturated rings. The van der Waals surface area contributed by atoms with Gasteiger partial charge < -0.3 is 9.52 Å². The molecular weight excluding hydrogens is 579 g/mol. The Hall–Kier alpha value is -3.73. The molecule has 6 nitrogen and oxygen atoms in total. The Labute approximate surface area is 249 Å². The second kappa shape index (κ2) is 12.9. The van der Waals surface area contributed by atoms with Crippen molar-refractivity contribution in [3.8, 4) is 11.1 Å². The number of Topliss-reactive ketones (excluding diaryl/α,β-unsaturated/α-hetero) is 1. The third kappa shape index (κ3) is 8.01. The number of ketones is 1. The van der Waals surface area contributed by atoms with E-state index < -0.39 is 39.9 Å². The number of aliphatic hydroxyl groups is 1. The SMILES string of the molecule is CC(=O)CS(=O)(=O)c1cc(-c2ccc(CN(Cc3ccc(C(F)(F)F)o3)Cc3c(C)cc(C)cc3C)cc2)ccc1CO. The Morgan fingerprint density at radius 1 is 0.860 bits per heavy atom. The lowest BCUT2D eigenvalue weighted by Crippen LogP contribution is -2.23. The minimum absolute atomic E-state index is 0.0848. The summed E-state index contributed by atoms with van der Waals surface area (Å²) in [5.74, 6) is -1.98. The van der Waals surface area contributed by atoms with Crippen molar-refractivity contribution in [2.45, 2.75) is 65.0 Å². The van der Waals surface area contributed by atoms with E-state index in [1.54, 1.807) is 6.07 Å². The van der Waals surface area contributed by atoms with E-state index in [2.05, 4.69) is 12.1 Å². The molecule has 43 heavy (non-hydrogen) atoms. The summed E-state index contributed by atoms with van der Waals surface area (Å²) in [6.07, 6.45) is -4.57. The lowest BCUT2D eigenvalue weighted by atomic mass is 9.99. The molecule has 0 spiro atoms. The maximum Gasteiger partial charge on any atom is 0.449 e. The largest absolute Gasteiger partial charge is 0.455 e. The highest BCUT2D eigenvalue weighted by Gasteiger charge is 2.35. The molecule has 0 aliphatic rings. The van der Waals surface area contributed by atoms with E-state index in [4.69, 9.17) is 4.42 Å². The van der Waals surface area contributed by atoms with Crippen molar-refractivity contribution in [2.24, 2.45) is 0 Å². The standard InChI is InChI=1S/C33H34F3NO5S/c1-21-13-22(2)30(23(3)14-21)18-37(17-29-11-12-32(42-29)33(34,35)36)16-25-5-7-26(8-6-25)27-9-10-28(19-38)31(15-27)43(40,41)20-24(4)39/h5-15,38H,16-20H2,1-4H3. The summed E-state index contributed by atoms with van der Waals surface area (Å²) in [4.78, 5) is 13.5. The van der Waals surface area contributed by atoms with Crippen LogP contribution in [0, 0.1) is 20.8 Å². The number of carbonyl (C=O) groups excluding carboxylic acids is 1. The van der Waals surface area contributed by atoms with Crippen molar-refractivity contribution in [3.63, 3.8) is 0 Å². The van der Waals surface area contributed by atoms with Gasteiger partial charge in [0.25, 0.3) is 0 Å². The van der Waals surface area contributed by atoms with E-state index in [9.17, 15) is 31.5 Å². The van der Waals surface area contributed by atoms with Crippen molar-refractivity contribution < 1.29 is 35.9 Å². The molecule has 0 radical (unpaired) electrons. The van der Waals surface area contributed by atoms with Gasteiger partial charge in [-0.2, -0.15) is 13.2 Å². The molecule has 4 rings (SSSR count). The van der Waals surface area contributed by atoms with Crippen LogP contribution in [0.15, 0.2) is 76.0 Å². The van der Waals surface area contributed by atoms with E-state index in [0.29, 0.717) is 18.7 Å². The second-order valence-electron chi connectivity index (χ2n) is 10.9. The number of carbonyl (C=O) groups is 1. The maximum atomic E-state index is 13.2. The molecule has 10 heteroatoms. The van der Waals surface area contributed by atoms with Crippen LogP contribution in [-0.4, -0.2) is 30.0 Å². The first kappa shape index (κ1) is 32.2. The molecule has 3 aromatic carbocycles. The normalized spacial score (nSPS) is 12.2. The average molecular weight is 614 g/mol. The van der Waals surface area contributed by atoms with Gasteiger partial charge in [0.1, 0.15) is 17.3 Å². The number of hydrogen-bond donors (Lipinski definition) is 1. The van der Waals surface area contributed by atoms with Crippen molar-refractivity contribution in [1.29, 1.82) is 0 Å². The molecule has 4 aromatic rings. The first-order valence-corrected chi connectivity index (χ1v) is 15.3. The topological polar surface area (TPSA) is 87.8 Å². The minimum atomic E-state index is -4.57. The summed E-state index contributed by atoms with van der Waals surface area (Å²) in [7, 11) is -3.93. The van der Waals surface area contributed by atoms with E-state index >= 15 is 0 Å². The molecular formula is C33H34F3NO5S. The number of nitrogens with zero attached hydrogens (tertiary/aromatic N) is 1. The van der Waals surface area contributed by atoms with Crippen molar-refractivity contribution >= 4 is 15.6 Å². The number of furan rings is 1. The molecule has 0 saturated heterocycles. The lowest BCUT2D eigenvalue weighted by molar-refractivity contribution is -0.153. The minimum Gasteiger partial charge on any atom is -0.455 e. The quantitative estimate of drug-likeness (QED) is 0.197. The summed E-state index contributed by atoms with van der Waals surface area (Å²) in [5, 5.41) is 9.68. The molecule has 0 saturated carbocycles. The van der Waals surface area contributed by atoms with E-state index in [-0.39, 0.29) is 22.8 Å². The highest BCUT2D eigenvalue weighted by molar-refractivity contribution is 7.92. The van der Waals surface area contributed by atoms with Crippen LogP contribution in [0.1, 0.15) is 51.8 Å². The molecule has 228 valence electrons. The van der Waals surface area contributed by atoms with Gasteiger partial charge in [0, 0.05) is 13.1 Å². The number of halogens is 3. The molecule has 0 amide bonds.